The van der Waals surface area contributed by atoms with E-state index in [9.17, 15) is 19.7 Å². The van der Waals surface area contributed by atoms with Gasteiger partial charge in [-0.15, -0.1) is 0 Å². The molecule has 1 heterocycles. The molecule has 3 N–H and O–H groups in total. The summed E-state index contributed by atoms with van der Waals surface area (Å²) in [5, 5.41) is 16.9. The SMILES string of the molecule is COc1cc2c(C)[nH]c(=O)c(NC(=O)Nc3ccc([N+](=O)[O-])cc3)c2cc1OC. The molecule has 0 spiro atoms. The number of hydrogen-bond donors (Lipinski definition) is 3. The predicted molar refractivity (Wildman–Crippen MR) is 108 cm³/mol. The van der Waals surface area contributed by atoms with Crippen LogP contribution in [0, 0.1) is 17.0 Å². The van der Waals surface area contributed by atoms with Crippen LogP contribution in [0.4, 0.5) is 21.9 Å². The fraction of sp³-hybridized carbons (Fsp3) is 0.158. The van der Waals surface area contributed by atoms with Crippen LogP contribution in [0.2, 0.25) is 0 Å². The van der Waals surface area contributed by atoms with Crippen LogP contribution >= 0.6 is 0 Å². The number of carbonyl (C=O) groups excluding carboxylic acids is 1. The Kier molecular flexibility index (Phi) is 5.35. The number of nitro groups is 1. The monoisotopic (exact) mass is 398 g/mol. The molecule has 10 nitrogen and oxygen atoms in total. The minimum atomic E-state index is -0.677. The number of benzene rings is 2. The molecular weight excluding hydrogens is 380 g/mol. The van der Waals surface area contributed by atoms with Crippen molar-refractivity contribution in [3.05, 3.63) is 62.6 Å². The van der Waals surface area contributed by atoms with Crippen molar-refractivity contribution in [3.8, 4) is 11.5 Å². The highest BCUT2D eigenvalue weighted by molar-refractivity contribution is 6.07. The van der Waals surface area contributed by atoms with E-state index in [2.05, 4.69) is 15.6 Å². The number of nitrogens with one attached hydrogen (secondary N) is 3. The molecule has 0 atom stereocenters. The largest absolute Gasteiger partial charge is 0.493 e. The van der Waals surface area contributed by atoms with Crippen LogP contribution in [-0.2, 0) is 0 Å². The number of fused-ring (bicyclic) bond motifs is 1. The number of ether oxygens (including phenoxy) is 2. The van der Waals surface area contributed by atoms with E-state index in [1.54, 1.807) is 19.1 Å². The van der Waals surface area contributed by atoms with Crippen molar-refractivity contribution in [2.75, 3.05) is 24.9 Å². The van der Waals surface area contributed by atoms with Gasteiger partial charge in [-0.1, -0.05) is 0 Å². The lowest BCUT2D eigenvalue weighted by atomic mass is 10.1. The molecular formula is C19H18N4O6. The van der Waals surface area contributed by atoms with Gasteiger partial charge >= 0.3 is 6.03 Å². The summed E-state index contributed by atoms with van der Waals surface area (Å²) in [4.78, 5) is 37.7. The second-order valence-corrected chi connectivity index (χ2v) is 6.09. The van der Waals surface area contributed by atoms with Crippen molar-refractivity contribution in [3.63, 3.8) is 0 Å². The van der Waals surface area contributed by atoms with Crippen LogP contribution in [0.3, 0.4) is 0 Å². The van der Waals surface area contributed by atoms with Gasteiger partial charge in [0.2, 0.25) is 0 Å². The fourth-order valence-electron chi connectivity index (χ4n) is 2.88. The highest BCUT2D eigenvalue weighted by Crippen LogP contribution is 2.35. The van der Waals surface area contributed by atoms with E-state index in [4.69, 9.17) is 9.47 Å². The second kappa shape index (κ2) is 7.89. The molecule has 0 saturated heterocycles. The molecule has 10 heteroatoms. The number of non-ortho nitro benzene ring substituents is 1. The van der Waals surface area contributed by atoms with Gasteiger partial charge in [-0.3, -0.25) is 14.9 Å². The van der Waals surface area contributed by atoms with Crippen molar-refractivity contribution in [2.24, 2.45) is 0 Å². The number of H-pyrrole nitrogens is 1. The molecule has 0 saturated carbocycles. The zero-order chi connectivity index (χ0) is 21.1. The van der Waals surface area contributed by atoms with E-state index in [-0.39, 0.29) is 11.4 Å². The predicted octanol–water partition coefficient (Wildman–Crippen LogP) is 3.41. The van der Waals surface area contributed by atoms with Crippen molar-refractivity contribution >= 4 is 33.9 Å². The molecule has 0 aliphatic carbocycles. The van der Waals surface area contributed by atoms with Gasteiger partial charge in [-0.2, -0.15) is 0 Å². The molecule has 150 valence electrons. The van der Waals surface area contributed by atoms with Crippen LogP contribution < -0.4 is 25.7 Å². The Balaban J connectivity index is 1.95. The van der Waals surface area contributed by atoms with Gasteiger partial charge in [-0.25, -0.2) is 4.79 Å². The third kappa shape index (κ3) is 3.95. The van der Waals surface area contributed by atoms with Crippen LogP contribution in [0.5, 0.6) is 11.5 Å². The van der Waals surface area contributed by atoms with Gasteiger partial charge in [-0.05, 0) is 31.2 Å². The lowest BCUT2D eigenvalue weighted by Crippen LogP contribution is -2.25. The number of urea groups is 1. The van der Waals surface area contributed by atoms with Gasteiger partial charge in [0.15, 0.2) is 11.5 Å². The molecule has 3 rings (SSSR count). The summed E-state index contributed by atoms with van der Waals surface area (Å²) in [6.45, 7) is 1.73. The van der Waals surface area contributed by atoms with E-state index in [0.717, 1.165) is 0 Å². The topological polar surface area (TPSA) is 136 Å². The molecule has 0 aliphatic rings. The van der Waals surface area contributed by atoms with Crippen molar-refractivity contribution in [1.29, 1.82) is 0 Å². The van der Waals surface area contributed by atoms with Gasteiger partial charge in [0.05, 0.1) is 19.1 Å². The Morgan fingerprint density at radius 1 is 1.03 bits per heavy atom. The maximum atomic E-state index is 12.5. The Morgan fingerprint density at radius 3 is 2.17 bits per heavy atom. The quantitative estimate of drug-likeness (QED) is 0.445. The number of aryl methyl sites for hydroxylation is 1. The molecule has 0 aliphatic heterocycles. The first-order chi connectivity index (χ1) is 13.8. The van der Waals surface area contributed by atoms with Gasteiger partial charge < -0.3 is 25.1 Å². The number of nitrogens with zero attached hydrogens (tertiary/aromatic N) is 1. The summed E-state index contributed by atoms with van der Waals surface area (Å²) in [6.07, 6.45) is 0. The molecule has 0 fully saturated rings. The van der Waals surface area contributed by atoms with Gasteiger partial charge in [0, 0.05) is 34.3 Å². The number of carbonyl (C=O) groups is 1. The Hall–Kier alpha value is -4.08. The first-order valence-electron chi connectivity index (χ1n) is 8.45. The molecule has 0 unspecified atom stereocenters. The van der Waals surface area contributed by atoms with Crippen LogP contribution in [-0.4, -0.2) is 30.2 Å². The normalized spacial score (nSPS) is 10.4. The number of pyridine rings is 1. The molecule has 0 radical (unpaired) electrons. The Labute approximate surface area is 164 Å². The lowest BCUT2D eigenvalue weighted by Gasteiger charge is -2.14. The lowest BCUT2D eigenvalue weighted by molar-refractivity contribution is -0.384. The first kappa shape index (κ1) is 19.7. The first-order valence-corrected chi connectivity index (χ1v) is 8.45. The summed E-state index contributed by atoms with van der Waals surface area (Å²) in [6, 6.07) is 7.95. The number of methoxy groups -OCH3 is 2. The molecule has 2 amide bonds. The number of aromatic nitrogens is 1. The smallest absolute Gasteiger partial charge is 0.323 e. The van der Waals surface area contributed by atoms with E-state index in [1.165, 1.54) is 38.5 Å². The second-order valence-electron chi connectivity index (χ2n) is 6.09. The Morgan fingerprint density at radius 2 is 1.62 bits per heavy atom. The maximum Gasteiger partial charge on any atom is 0.323 e. The van der Waals surface area contributed by atoms with E-state index < -0.39 is 16.5 Å². The highest BCUT2D eigenvalue weighted by atomic mass is 16.6. The number of rotatable bonds is 5. The van der Waals surface area contributed by atoms with Gasteiger partial charge in [0.1, 0.15) is 5.69 Å². The van der Waals surface area contributed by atoms with Crippen LogP contribution in [0.25, 0.3) is 10.8 Å². The zero-order valence-corrected chi connectivity index (χ0v) is 15.9. The van der Waals surface area contributed by atoms with Crippen molar-refractivity contribution < 1.29 is 19.2 Å². The number of hydrogen-bond acceptors (Lipinski definition) is 6. The Bertz CT molecular complexity index is 1150. The van der Waals surface area contributed by atoms with Crippen LogP contribution in [0.1, 0.15) is 5.69 Å². The minimum Gasteiger partial charge on any atom is -0.493 e. The molecule has 0 bridgehead atoms. The summed E-state index contributed by atoms with van der Waals surface area (Å²) in [5.41, 5.74) is 0.387. The third-order valence-electron chi connectivity index (χ3n) is 4.30. The third-order valence-corrected chi connectivity index (χ3v) is 4.30. The average Bonchev–Trinajstić information content (AvgIpc) is 2.70. The summed E-state index contributed by atoms with van der Waals surface area (Å²) in [5.74, 6) is 0.889. The van der Waals surface area contributed by atoms with Crippen molar-refractivity contribution in [2.45, 2.75) is 6.92 Å². The average molecular weight is 398 g/mol. The van der Waals surface area contributed by atoms with E-state index in [0.29, 0.717) is 33.7 Å². The highest BCUT2D eigenvalue weighted by Gasteiger charge is 2.16. The van der Waals surface area contributed by atoms with Crippen molar-refractivity contribution in [1.82, 2.24) is 4.98 Å². The molecule has 2 aromatic carbocycles. The minimum absolute atomic E-state index is 0.0333. The number of anilines is 2. The maximum absolute atomic E-state index is 12.5. The van der Waals surface area contributed by atoms with Crippen LogP contribution in [0.15, 0.2) is 41.2 Å². The standard InChI is InChI=1S/C19H18N4O6/c1-10-13-8-15(28-2)16(29-3)9-14(13)17(18(24)20-10)22-19(25)21-11-4-6-12(7-5-11)23(26)27/h4-9H,1-3H3,(H,20,24)(H2,21,22,25). The molecule has 3 aromatic rings. The number of amides is 2. The number of nitro benzene ring substituents is 1. The van der Waals surface area contributed by atoms with E-state index in [1.807, 2.05) is 0 Å². The number of aromatic amines is 1. The zero-order valence-electron chi connectivity index (χ0n) is 15.9. The fourth-order valence-corrected chi connectivity index (χ4v) is 2.88. The van der Waals surface area contributed by atoms with E-state index >= 15 is 0 Å². The molecule has 29 heavy (non-hydrogen) atoms. The summed E-state index contributed by atoms with van der Waals surface area (Å²) in [7, 11) is 2.97. The summed E-state index contributed by atoms with van der Waals surface area (Å²) >= 11 is 0. The molecule has 1 aromatic heterocycles. The summed E-state index contributed by atoms with van der Waals surface area (Å²) < 4.78 is 10.6. The van der Waals surface area contributed by atoms with Gasteiger partial charge in [0.25, 0.3) is 11.2 Å².